The Kier molecular flexibility index (Phi) is 8.96. The minimum Gasteiger partial charge on any atom is -0.394 e. The van der Waals surface area contributed by atoms with Gasteiger partial charge in [0.2, 0.25) is 20.7 Å². The number of aliphatic hydroxyl groups excluding tert-OH is 1. The van der Waals surface area contributed by atoms with Crippen LogP contribution < -0.4 is 9.80 Å². The standard InChI is InChI=1S/C35H39FN4O7Si/c1-23-33(48(2,3)36)31(19-32(43)37-17-7-10-28(37)21-41)47-35(23)29-18-27(40(45)46)15-16-30(29)38(34(35)44)20-24-11-13-26(14-12-24)39(22-42)25-8-5-4-6-9-25/h4-6,8-9,11-16,18,22-23,28,31,33,41H,7,10,17,19-21H2,1-3H3/t23-,28+,31+,33-,35+/m1/s1. The Morgan fingerprint density at radius 1 is 1.15 bits per heavy atom. The number of hydrogen-bond acceptors (Lipinski definition) is 7. The number of benzene rings is 3. The summed E-state index contributed by atoms with van der Waals surface area (Å²) >= 11 is 0. The Bertz CT molecular complexity index is 1720. The normalized spacial score (nSPS) is 25.1. The topological polar surface area (TPSA) is 134 Å². The van der Waals surface area contributed by atoms with Crippen LogP contribution in [0.4, 0.5) is 26.9 Å². The van der Waals surface area contributed by atoms with E-state index in [4.69, 9.17) is 4.74 Å². The summed E-state index contributed by atoms with van der Waals surface area (Å²) in [6, 6.07) is 20.2. The number of nitro groups is 1. The van der Waals surface area contributed by atoms with Gasteiger partial charge in [0.1, 0.15) is 0 Å². The number of para-hydroxylation sites is 1. The van der Waals surface area contributed by atoms with Gasteiger partial charge in [-0.3, -0.25) is 29.4 Å². The van der Waals surface area contributed by atoms with E-state index >= 15 is 4.11 Å². The highest BCUT2D eigenvalue weighted by atomic mass is 28.4. The number of hydrogen-bond donors (Lipinski definition) is 1. The number of nitrogens with zero attached hydrogens (tertiary/aromatic N) is 4. The van der Waals surface area contributed by atoms with E-state index < -0.39 is 42.4 Å². The van der Waals surface area contributed by atoms with Crippen LogP contribution in [0.2, 0.25) is 18.6 Å². The lowest BCUT2D eigenvalue weighted by atomic mass is 9.82. The molecule has 11 nitrogen and oxygen atoms in total. The van der Waals surface area contributed by atoms with Crippen LogP contribution in [0.3, 0.4) is 0 Å². The molecule has 0 unspecified atom stereocenters. The molecule has 252 valence electrons. The largest absolute Gasteiger partial charge is 0.394 e. The molecule has 48 heavy (non-hydrogen) atoms. The molecule has 0 bridgehead atoms. The highest BCUT2D eigenvalue weighted by molar-refractivity contribution is 6.72. The smallest absolute Gasteiger partial charge is 0.269 e. The number of carbonyl (C=O) groups is 3. The van der Waals surface area contributed by atoms with E-state index in [-0.39, 0.29) is 42.8 Å². The molecule has 1 spiro atoms. The lowest BCUT2D eigenvalue weighted by molar-refractivity contribution is -0.385. The first-order valence-electron chi connectivity index (χ1n) is 16.2. The van der Waals surface area contributed by atoms with Crippen molar-refractivity contribution in [1.82, 2.24) is 4.90 Å². The predicted octanol–water partition coefficient (Wildman–Crippen LogP) is 5.58. The number of fused-ring (bicyclic) bond motifs is 2. The predicted molar refractivity (Wildman–Crippen MR) is 180 cm³/mol. The maximum Gasteiger partial charge on any atom is 0.269 e. The lowest BCUT2D eigenvalue weighted by Gasteiger charge is -2.31. The van der Waals surface area contributed by atoms with Gasteiger partial charge in [-0.15, -0.1) is 0 Å². The third-order valence-electron chi connectivity index (χ3n) is 10.1. The molecule has 3 heterocycles. The Hall–Kier alpha value is -4.46. The molecule has 0 aromatic heterocycles. The molecule has 3 amide bonds. The number of nitro benzene ring substituents is 1. The number of likely N-dealkylation sites (tertiary alicyclic amines) is 1. The van der Waals surface area contributed by atoms with Crippen molar-refractivity contribution < 1.29 is 33.3 Å². The highest BCUT2D eigenvalue weighted by Gasteiger charge is 2.67. The molecule has 13 heteroatoms. The van der Waals surface area contributed by atoms with Gasteiger partial charge in [-0.1, -0.05) is 37.3 Å². The third kappa shape index (κ3) is 5.69. The third-order valence-corrected chi connectivity index (χ3v) is 12.6. The van der Waals surface area contributed by atoms with Gasteiger partial charge in [0.05, 0.1) is 42.3 Å². The summed E-state index contributed by atoms with van der Waals surface area (Å²) in [5, 5.41) is 21.7. The zero-order valence-corrected chi connectivity index (χ0v) is 28.1. The molecular formula is C35H39FN4O7Si. The molecule has 1 N–H and O–H groups in total. The quantitative estimate of drug-likeness (QED) is 0.0976. The molecule has 0 radical (unpaired) electrons. The fourth-order valence-corrected chi connectivity index (χ4v) is 10.4. The molecular weight excluding hydrogens is 635 g/mol. The van der Waals surface area contributed by atoms with Crippen LogP contribution in [0.15, 0.2) is 72.8 Å². The van der Waals surface area contributed by atoms with Crippen LogP contribution in [-0.2, 0) is 31.3 Å². The summed E-state index contributed by atoms with van der Waals surface area (Å²) in [7, 11) is -3.59. The van der Waals surface area contributed by atoms with E-state index in [0.29, 0.717) is 30.0 Å². The van der Waals surface area contributed by atoms with Crippen molar-refractivity contribution in [2.75, 3.05) is 23.0 Å². The molecule has 3 aromatic carbocycles. The van der Waals surface area contributed by atoms with Crippen LogP contribution in [0.25, 0.3) is 0 Å². The summed E-state index contributed by atoms with van der Waals surface area (Å²) in [5.41, 5.74) is 0.0198. The van der Waals surface area contributed by atoms with Crippen molar-refractivity contribution >= 4 is 49.4 Å². The minimum atomic E-state index is -3.59. The zero-order valence-electron chi connectivity index (χ0n) is 27.1. The number of non-ortho nitro benzene ring substituents is 1. The van der Waals surface area contributed by atoms with E-state index in [9.17, 15) is 29.6 Å². The Balaban J connectivity index is 1.35. The van der Waals surface area contributed by atoms with Gasteiger partial charge < -0.3 is 23.8 Å². The van der Waals surface area contributed by atoms with Crippen LogP contribution in [-0.4, -0.2) is 66.9 Å². The Morgan fingerprint density at radius 3 is 2.46 bits per heavy atom. The van der Waals surface area contributed by atoms with Gasteiger partial charge in [0.15, 0.2) is 5.60 Å². The Labute approximate surface area is 279 Å². The molecule has 6 rings (SSSR count). The zero-order chi connectivity index (χ0) is 34.4. The fraction of sp³-hybridized carbons (Fsp3) is 0.400. The monoisotopic (exact) mass is 674 g/mol. The van der Waals surface area contributed by atoms with E-state index in [1.54, 1.807) is 36.1 Å². The van der Waals surface area contributed by atoms with Crippen LogP contribution in [0.1, 0.15) is 37.3 Å². The number of carbonyl (C=O) groups excluding carboxylic acids is 3. The molecule has 0 saturated carbocycles. The van der Waals surface area contributed by atoms with Gasteiger partial charge in [-0.05, 0) is 61.8 Å². The maximum absolute atomic E-state index is 16.2. The van der Waals surface area contributed by atoms with Crippen molar-refractivity contribution in [3.63, 3.8) is 0 Å². The van der Waals surface area contributed by atoms with Gasteiger partial charge in [-0.2, -0.15) is 0 Å². The van der Waals surface area contributed by atoms with Gasteiger partial charge >= 0.3 is 0 Å². The molecule has 3 aliphatic rings. The second kappa shape index (κ2) is 12.9. The summed E-state index contributed by atoms with van der Waals surface area (Å²) in [5.74, 6) is -1.48. The van der Waals surface area contributed by atoms with Crippen molar-refractivity contribution in [3.8, 4) is 0 Å². The summed E-state index contributed by atoms with van der Waals surface area (Å²) < 4.78 is 22.9. The molecule has 5 atom stereocenters. The van der Waals surface area contributed by atoms with Crippen LogP contribution in [0, 0.1) is 16.0 Å². The van der Waals surface area contributed by atoms with E-state index in [2.05, 4.69) is 0 Å². The van der Waals surface area contributed by atoms with E-state index in [1.807, 2.05) is 30.3 Å². The molecule has 2 fully saturated rings. The lowest BCUT2D eigenvalue weighted by Crippen LogP contribution is -2.45. The van der Waals surface area contributed by atoms with Crippen molar-refractivity contribution in [3.05, 3.63) is 94.0 Å². The van der Waals surface area contributed by atoms with E-state index in [0.717, 1.165) is 18.4 Å². The first-order valence-corrected chi connectivity index (χ1v) is 19.1. The summed E-state index contributed by atoms with van der Waals surface area (Å²) in [6.07, 6.45) is 1.04. The van der Waals surface area contributed by atoms with Crippen LogP contribution in [0.5, 0.6) is 0 Å². The first-order chi connectivity index (χ1) is 22.9. The average Bonchev–Trinajstić information content (AvgIpc) is 3.73. The molecule has 3 aliphatic heterocycles. The SMILES string of the molecule is C[C@@H]1[C@@H]([Si](C)(C)F)[C@H](CC(=O)N2CCC[C@H]2CO)O[C@@]12C(=O)N(Cc1ccc(N(C=O)c3ccccc3)cc1)c1ccc([N+](=O)[O-])cc12. The number of rotatable bonds is 10. The number of anilines is 3. The van der Waals surface area contributed by atoms with Gasteiger partial charge in [-0.25, -0.2) is 0 Å². The van der Waals surface area contributed by atoms with E-state index in [1.165, 1.54) is 41.1 Å². The fourth-order valence-electron chi connectivity index (χ4n) is 7.95. The Morgan fingerprint density at radius 2 is 1.83 bits per heavy atom. The average molecular weight is 675 g/mol. The van der Waals surface area contributed by atoms with Crippen molar-refractivity contribution in [2.24, 2.45) is 5.92 Å². The second-order valence-electron chi connectivity index (χ2n) is 13.4. The van der Waals surface area contributed by atoms with Gasteiger partial charge in [0.25, 0.3) is 11.6 Å². The van der Waals surface area contributed by atoms with Crippen molar-refractivity contribution in [2.45, 2.75) is 69.1 Å². The van der Waals surface area contributed by atoms with Gasteiger partial charge in [0, 0.05) is 47.1 Å². The number of ether oxygens (including phenoxy) is 1. The minimum absolute atomic E-state index is 0.0881. The summed E-state index contributed by atoms with van der Waals surface area (Å²) in [4.78, 5) is 56.2. The maximum atomic E-state index is 16.2. The number of aliphatic hydroxyl groups is 1. The first kappa shape index (κ1) is 33.4. The van der Waals surface area contributed by atoms with Crippen LogP contribution >= 0.6 is 0 Å². The number of halogens is 1. The number of amides is 3. The molecule has 0 aliphatic carbocycles. The summed E-state index contributed by atoms with van der Waals surface area (Å²) in [6.45, 7) is 5.21. The second-order valence-corrected chi connectivity index (χ2v) is 17.2. The molecule has 3 aromatic rings. The van der Waals surface area contributed by atoms with Crippen molar-refractivity contribution in [1.29, 1.82) is 0 Å². The highest BCUT2D eigenvalue weighted by Crippen LogP contribution is 2.60. The molecule has 2 saturated heterocycles.